The zero-order chi connectivity index (χ0) is 18.1. The Morgan fingerprint density at radius 2 is 1.88 bits per heavy atom. The van der Waals surface area contributed by atoms with Crippen molar-refractivity contribution in [2.24, 2.45) is 0 Å². The zero-order valence-corrected chi connectivity index (χ0v) is 15.8. The number of nitrogens with zero attached hydrogens (tertiary/aromatic N) is 3. The molecule has 0 saturated carbocycles. The van der Waals surface area contributed by atoms with Crippen molar-refractivity contribution in [1.82, 2.24) is 14.7 Å². The van der Waals surface area contributed by atoms with Crippen LogP contribution >= 0.6 is 23.2 Å². The van der Waals surface area contributed by atoms with Crippen molar-refractivity contribution in [2.45, 2.75) is 30.7 Å². The maximum Gasteiger partial charge on any atom is 0.344 e. The fraction of sp³-hybridized carbons (Fsp3) is 0.333. The van der Waals surface area contributed by atoms with Crippen molar-refractivity contribution < 1.29 is 13.2 Å². The molecule has 130 valence electrons. The molecule has 1 aromatic heterocycles. The number of benzene rings is 1. The minimum absolute atomic E-state index is 0.0115. The van der Waals surface area contributed by atoms with E-state index in [1.54, 1.807) is 19.1 Å². The Morgan fingerprint density at radius 3 is 2.46 bits per heavy atom. The number of hydrogen-bond acceptors (Lipinski definition) is 4. The van der Waals surface area contributed by atoms with E-state index in [4.69, 9.17) is 23.2 Å². The Morgan fingerprint density at radius 1 is 1.25 bits per heavy atom. The monoisotopic (exact) mass is 389 g/mol. The van der Waals surface area contributed by atoms with Crippen molar-refractivity contribution in [3.05, 3.63) is 40.0 Å². The quantitative estimate of drug-likeness (QED) is 0.799. The van der Waals surface area contributed by atoms with Gasteiger partial charge in [-0.15, -0.1) is 0 Å². The smallest absolute Gasteiger partial charge is 0.323 e. The SMILES string of the molecule is CCN(CC)C(=O)n1cc(Cl)c(S(=O)(=O)c2cc(Cl)ccc2C)n1. The summed E-state index contributed by atoms with van der Waals surface area (Å²) in [5.41, 5.74) is 0.514. The van der Waals surface area contributed by atoms with Gasteiger partial charge in [-0.25, -0.2) is 13.2 Å². The lowest BCUT2D eigenvalue weighted by atomic mass is 10.2. The summed E-state index contributed by atoms with van der Waals surface area (Å²) in [5, 5.41) is 3.71. The molecule has 6 nitrogen and oxygen atoms in total. The first kappa shape index (κ1) is 18.8. The van der Waals surface area contributed by atoms with E-state index in [-0.39, 0.29) is 20.0 Å². The van der Waals surface area contributed by atoms with Gasteiger partial charge in [-0.1, -0.05) is 29.3 Å². The first-order valence-corrected chi connectivity index (χ1v) is 9.52. The van der Waals surface area contributed by atoms with Gasteiger partial charge >= 0.3 is 6.03 Å². The van der Waals surface area contributed by atoms with Crippen molar-refractivity contribution in [3.63, 3.8) is 0 Å². The second-order valence-corrected chi connectivity index (χ2v) is 7.77. The summed E-state index contributed by atoms with van der Waals surface area (Å²) in [6, 6.07) is 4.10. The first-order chi connectivity index (χ1) is 11.2. The number of aryl methyl sites for hydroxylation is 1. The minimum atomic E-state index is -3.99. The van der Waals surface area contributed by atoms with Crippen molar-refractivity contribution in [3.8, 4) is 0 Å². The van der Waals surface area contributed by atoms with Crippen LogP contribution in [0.5, 0.6) is 0 Å². The largest absolute Gasteiger partial charge is 0.344 e. The van der Waals surface area contributed by atoms with Crippen LogP contribution in [0.2, 0.25) is 10.0 Å². The van der Waals surface area contributed by atoms with Crippen LogP contribution in [0.15, 0.2) is 34.3 Å². The summed E-state index contributed by atoms with van der Waals surface area (Å²) >= 11 is 11.9. The average molecular weight is 390 g/mol. The highest BCUT2D eigenvalue weighted by Crippen LogP contribution is 2.30. The minimum Gasteiger partial charge on any atom is -0.323 e. The topological polar surface area (TPSA) is 72.3 Å². The Kier molecular flexibility index (Phi) is 5.57. The molecule has 0 fully saturated rings. The average Bonchev–Trinajstić information content (AvgIpc) is 2.93. The molecule has 2 rings (SSSR count). The van der Waals surface area contributed by atoms with Gasteiger partial charge in [0.25, 0.3) is 0 Å². The zero-order valence-electron chi connectivity index (χ0n) is 13.5. The van der Waals surface area contributed by atoms with E-state index in [1.165, 1.54) is 17.2 Å². The molecule has 0 aliphatic carbocycles. The third-order valence-electron chi connectivity index (χ3n) is 3.56. The predicted octanol–water partition coefficient (Wildman–Crippen LogP) is 3.64. The van der Waals surface area contributed by atoms with Crippen LogP contribution < -0.4 is 0 Å². The van der Waals surface area contributed by atoms with Crippen molar-refractivity contribution in [1.29, 1.82) is 0 Å². The van der Waals surface area contributed by atoms with E-state index in [1.807, 2.05) is 13.8 Å². The molecule has 9 heteroatoms. The molecule has 0 saturated heterocycles. The molecule has 1 amide bonds. The molecule has 0 unspecified atom stereocenters. The number of amides is 1. The van der Waals surface area contributed by atoms with Gasteiger partial charge in [0.2, 0.25) is 14.9 Å². The number of carbonyl (C=O) groups excluding carboxylic acids is 1. The van der Waals surface area contributed by atoms with Crippen LogP contribution in [-0.4, -0.2) is 42.2 Å². The van der Waals surface area contributed by atoms with E-state index >= 15 is 0 Å². The Hall–Kier alpha value is -1.57. The van der Waals surface area contributed by atoms with Gasteiger partial charge in [0, 0.05) is 18.1 Å². The van der Waals surface area contributed by atoms with E-state index in [9.17, 15) is 13.2 Å². The van der Waals surface area contributed by atoms with E-state index in [0.717, 1.165) is 4.68 Å². The standard InChI is InChI=1S/C15H17Cl2N3O3S/c1-4-19(5-2)15(21)20-9-12(17)14(18-20)24(22,23)13-8-11(16)7-6-10(13)3/h6-9H,4-5H2,1-3H3. The Bertz CT molecular complexity index is 874. The summed E-state index contributed by atoms with van der Waals surface area (Å²) in [6.45, 7) is 6.23. The lowest BCUT2D eigenvalue weighted by Crippen LogP contribution is -2.34. The normalized spacial score (nSPS) is 11.5. The van der Waals surface area contributed by atoms with Gasteiger partial charge in [0.05, 0.1) is 16.1 Å². The second-order valence-electron chi connectivity index (χ2n) is 5.09. The molecule has 0 N–H and O–H groups in total. The Balaban J connectivity index is 2.53. The maximum absolute atomic E-state index is 12.8. The molecular formula is C15H17Cl2N3O3S. The van der Waals surface area contributed by atoms with Crippen LogP contribution in [0.25, 0.3) is 0 Å². The van der Waals surface area contributed by atoms with Crippen LogP contribution in [-0.2, 0) is 9.84 Å². The molecule has 0 radical (unpaired) electrons. The fourth-order valence-corrected chi connectivity index (χ4v) is 4.38. The molecule has 1 heterocycles. The van der Waals surface area contributed by atoms with Crippen LogP contribution in [0, 0.1) is 6.92 Å². The van der Waals surface area contributed by atoms with E-state index in [0.29, 0.717) is 18.7 Å². The lowest BCUT2D eigenvalue weighted by Gasteiger charge is -2.17. The summed E-state index contributed by atoms with van der Waals surface area (Å²) < 4.78 is 26.6. The van der Waals surface area contributed by atoms with Gasteiger partial charge in [-0.05, 0) is 38.5 Å². The number of hydrogen-bond donors (Lipinski definition) is 0. The Labute approximate surface area is 150 Å². The highest BCUT2D eigenvalue weighted by atomic mass is 35.5. The number of carbonyl (C=O) groups is 1. The molecule has 1 aromatic carbocycles. The second kappa shape index (κ2) is 7.13. The van der Waals surface area contributed by atoms with Gasteiger partial charge in [0.15, 0.2) is 0 Å². The number of rotatable bonds is 4. The van der Waals surface area contributed by atoms with Gasteiger partial charge in [-0.3, -0.25) is 0 Å². The van der Waals surface area contributed by atoms with Gasteiger partial charge in [-0.2, -0.15) is 9.78 Å². The maximum atomic E-state index is 12.8. The summed E-state index contributed by atoms with van der Waals surface area (Å²) in [6.07, 6.45) is 1.20. The molecule has 0 atom stereocenters. The van der Waals surface area contributed by atoms with E-state index < -0.39 is 15.9 Å². The number of aromatic nitrogens is 2. The highest BCUT2D eigenvalue weighted by molar-refractivity contribution is 7.91. The van der Waals surface area contributed by atoms with E-state index in [2.05, 4.69) is 5.10 Å². The predicted molar refractivity (Wildman–Crippen MR) is 92.6 cm³/mol. The molecular weight excluding hydrogens is 373 g/mol. The molecule has 0 aliphatic rings. The van der Waals surface area contributed by atoms with Crippen molar-refractivity contribution in [2.75, 3.05) is 13.1 Å². The summed E-state index contributed by atoms with van der Waals surface area (Å²) in [7, 11) is -3.99. The highest BCUT2D eigenvalue weighted by Gasteiger charge is 2.28. The lowest BCUT2D eigenvalue weighted by molar-refractivity contribution is 0.201. The molecule has 24 heavy (non-hydrogen) atoms. The molecule has 0 aliphatic heterocycles. The molecule has 0 spiro atoms. The van der Waals surface area contributed by atoms with Gasteiger partial charge < -0.3 is 4.90 Å². The summed E-state index contributed by atoms with van der Waals surface area (Å²) in [5.74, 6) is 0. The number of halogens is 2. The number of sulfone groups is 1. The van der Waals surface area contributed by atoms with Crippen LogP contribution in [0.1, 0.15) is 19.4 Å². The summed E-state index contributed by atoms with van der Waals surface area (Å²) in [4.78, 5) is 13.8. The third-order valence-corrected chi connectivity index (χ3v) is 6.02. The fourth-order valence-electron chi connectivity index (χ4n) is 2.22. The molecule has 0 bridgehead atoms. The van der Waals surface area contributed by atoms with Crippen LogP contribution in [0.3, 0.4) is 0 Å². The third kappa shape index (κ3) is 3.43. The van der Waals surface area contributed by atoms with Gasteiger partial charge in [0.1, 0.15) is 0 Å². The first-order valence-electron chi connectivity index (χ1n) is 7.28. The van der Waals surface area contributed by atoms with Crippen LogP contribution in [0.4, 0.5) is 4.79 Å². The van der Waals surface area contributed by atoms with Crippen molar-refractivity contribution >= 4 is 39.1 Å². The molecule has 2 aromatic rings.